The van der Waals surface area contributed by atoms with Crippen LogP contribution in [0.3, 0.4) is 0 Å². The molecule has 6 rings (SSSR count). The van der Waals surface area contributed by atoms with E-state index in [4.69, 9.17) is 4.74 Å². The maximum absolute atomic E-state index is 13.3. The lowest BCUT2D eigenvalue weighted by molar-refractivity contribution is -0.202. The third kappa shape index (κ3) is 4.69. The van der Waals surface area contributed by atoms with Crippen LogP contribution in [0.2, 0.25) is 0 Å². The highest BCUT2D eigenvalue weighted by Gasteiger charge is 2.71. The molecule has 0 amide bonds. The molecule has 250 valence electrons. The van der Waals surface area contributed by atoms with Gasteiger partial charge in [-0.1, -0.05) is 59.3 Å². The lowest BCUT2D eigenvalue weighted by Crippen LogP contribution is -2.66. The van der Waals surface area contributed by atoms with Gasteiger partial charge in [-0.05, 0) is 116 Å². The molecule has 1 aromatic rings. The Bertz CT molecular complexity index is 1520. The van der Waals surface area contributed by atoms with E-state index < -0.39 is 22.8 Å². The Hall–Kier alpha value is -3.09. The summed E-state index contributed by atoms with van der Waals surface area (Å²) in [5.74, 6) is -0.896. The van der Waals surface area contributed by atoms with Crippen molar-refractivity contribution in [1.82, 2.24) is 0 Å². The maximum Gasteiger partial charge on any atom is 0.330 e. The van der Waals surface area contributed by atoms with Crippen LogP contribution in [-0.4, -0.2) is 39.6 Å². The fraction of sp³-hybridized carbons (Fsp3) is 0.667. The highest BCUT2D eigenvalue weighted by Crippen LogP contribution is 2.75. The van der Waals surface area contributed by atoms with Crippen molar-refractivity contribution in [1.29, 1.82) is 0 Å². The van der Waals surface area contributed by atoms with Crippen molar-refractivity contribution in [2.45, 2.75) is 106 Å². The fourth-order valence-corrected chi connectivity index (χ4v) is 11.6. The monoisotopic (exact) mass is 632 g/mol. The molecule has 0 aliphatic heterocycles. The first-order valence-corrected chi connectivity index (χ1v) is 17.3. The SMILES string of the molecule is CC1(C)CC[C@]2(C(=O)O)CC[C@]3(COC(=O)/C=C/c4ccc(O)c(O)c4)C(=CCC4[C@@]5(C)CCC(=O)C(C)(C)C5CC[C@]43C)[C@@H]2C1. The molecule has 0 aromatic heterocycles. The summed E-state index contributed by atoms with van der Waals surface area (Å²) >= 11 is 0. The van der Waals surface area contributed by atoms with Crippen molar-refractivity contribution < 1.29 is 34.4 Å². The van der Waals surface area contributed by atoms with Gasteiger partial charge in [-0.15, -0.1) is 0 Å². The molecule has 46 heavy (non-hydrogen) atoms. The summed E-state index contributed by atoms with van der Waals surface area (Å²) in [4.78, 5) is 39.7. The van der Waals surface area contributed by atoms with E-state index in [1.165, 1.54) is 23.8 Å². The first-order valence-electron chi connectivity index (χ1n) is 17.3. The molecule has 0 bridgehead atoms. The lowest BCUT2D eigenvalue weighted by atomic mass is 9.33. The number of phenols is 2. The van der Waals surface area contributed by atoms with Gasteiger partial charge >= 0.3 is 11.9 Å². The van der Waals surface area contributed by atoms with E-state index in [9.17, 15) is 29.7 Å². The summed E-state index contributed by atoms with van der Waals surface area (Å²) < 4.78 is 6.20. The van der Waals surface area contributed by atoms with Gasteiger partial charge < -0.3 is 20.1 Å². The average Bonchev–Trinajstić information content (AvgIpc) is 2.98. The van der Waals surface area contributed by atoms with Crippen LogP contribution in [0, 0.1) is 50.2 Å². The fourth-order valence-electron chi connectivity index (χ4n) is 11.6. The number of hydrogen-bond acceptors (Lipinski definition) is 6. The second kappa shape index (κ2) is 10.7. The van der Waals surface area contributed by atoms with Gasteiger partial charge in [-0.2, -0.15) is 0 Å². The molecule has 1 aromatic carbocycles. The largest absolute Gasteiger partial charge is 0.504 e. The van der Waals surface area contributed by atoms with Crippen LogP contribution < -0.4 is 0 Å². The number of aliphatic carboxylic acids is 1. The number of phenolic OH excluding ortho intramolecular Hbond substituents is 2. The van der Waals surface area contributed by atoms with Gasteiger partial charge in [0.2, 0.25) is 0 Å². The number of carbonyl (C=O) groups excluding carboxylic acids is 2. The van der Waals surface area contributed by atoms with E-state index in [1.807, 2.05) is 0 Å². The minimum atomic E-state index is -0.806. The first-order chi connectivity index (χ1) is 21.4. The van der Waals surface area contributed by atoms with Crippen molar-refractivity contribution in [2.75, 3.05) is 6.61 Å². The molecule has 4 fully saturated rings. The number of hydrogen-bond donors (Lipinski definition) is 3. The molecule has 0 spiro atoms. The van der Waals surface area contributed by atoms with Gasteiger partial charge in [0.1, 0.15) is 12.4 Å². The van der Waals surface area contributed by atoms with Crippen LogP contribution in [-0.2, 0) is 19.1 Å². The minimum Gasteiger partial charge on any atom is -0.504 e. The van der Waals surface area contributed by atoms with Crippen LogP contribution in [0.5, 0.6) is 11.5 Å². The second-order valence-corrected chi connectivity index (χ2v) is 17.3. The maximum atomic E-state index is 13.3. The smallest absolute Gasteiger partial charge is 0.330 e. The Morgan fingerprint density at radius 3 is 2.35 bits per heavy atom. The van der Waals surface area contributed by atoms with E-state index >= 15 is 0 Å². The van der Waals surface area contributed by atoms with Crippen molar-refractivity contribution in [3.63, 3.8) is 0 Å². The zero-order valence-electron chi connectivity index (χ0n) is 28.4. The number of Topliss-reactive ketones (excluding diaryl/α,β-unsaturated/α-hetero) is 1. The highest BCUT2D eigenvalue weighted by atomic mass is 16.5. The van der Waals surface area contributed by atoms with E-state index in [0.29, 0.717) is 37.0 Å². The van der Waals surface area contributed by atoms with E-state index in [1.54, 1.807) is 12.1 Å². The van der Waals surface area contributed by atoms with Gasteiger partial charge in [0.25, 0.3) is 0 Å². The molecular formula is C39H52O7. The van der Waals surface area contributed by atoms with Crippen molar-refractivity contribution >= 4 is 23.8 Å². The number of carboxylic acid groups (broad SMARTS) is 1. The van der Waals surface area contributed by atoms with Crippen LogP contribution in [0.25, 0.3) is 6.08 Å². The Labute approximate surface area is 273 Å². The topological polar surface area (TPSA) is 121 Å². The van der Waals surface area contributed by atoms with Gasteiger partial charge in [-0.3, -0.25) is 9.59 Å². The van der Waals surface area contributed by atoms with Crippen LogP contribution in [0.1, 0.15) is 111 Å². The van der Waals surface area contributed by atoms with E-state index in [-0.39, 0.29) is 57.5 Å². The third-order valence-corrected chi connectivity index (χ3v) is 14.4. The molecule has 5 aliphatic carbocycles. The summed E-state index contributed by atoms with van der Waals surface area (Å²) in [7, 11) is 0. The normalized spacial score (nSPS) is 39.3. The predicted octanol–water partition coefficient (Wildman–Crippen LogP) is 8.09. The Morgan fingerprint density at radius 2 is 1.65 bits per heavy atom. The summed E-state index contributed by atoms with van der Waals surface area (Å²) in [6.45, 7) is 13.7. The van der Waals surface area contributed by atoms with Crippen molar-refractivity contribution in [3.05, 3.63) is 41.5 Å². The Balaban J connectivity index is 1.41. The molecule has 0 saturated heterocycles. The number of esters is 1. The van der Waals surface area contributed by atoms with Crippen LogP contribution in [0.15, 0.2) is 35.9 Å². The first kappa shape index (κ1) is 32.8. The molecule has 7 nitrogen and oxygen atoms in total. The van der Waals surface area contributed by atoms with Crippen molar-refractivity contribution in [3.8, 4) is 11.5 Å². The second-order valence-electron chi connectivity index (χ2n) is 17.3. The molecule has 7 heteroatoms. The molecule has 0 heterocycles. The Kier molecular flexibility index (Phi) is 7.65. The molecule has 5 aliphatic rings. The molecule has 7 atom stereocenters. The number of aromatic hydroxyl groups is 2. The van der Waals surface area contributed by atoms with E-state index in [2.05, 4.69) is 47.6 Å². The molecule has 0 radical (unpaired) electrons. The third-order valence-electron chi connectivity index (χ3n) is 14.4. The number of fused-ring (bicyclic) bond motifs is 7. The average molecular weight is 633 g/mol. The van der Waals surface area contributed by atoms with Crippen molar-refractivity contribution in [2.24, 2.45) is 50.2 Å². The highest BCUT2D eigenvalue weighted by molar-refractivity contribution is 5.87. The lowest BCUT2D eigenvalue weighted by Gasteiger charge is -2.70. The summed E-state index contributed by atoms with van der Waals surface area (Å²) in [5.41, 5.74) is -0.228. The summed E-state index contributed by atoms with van der Waals surface area (Å²) in [6, 6.07) is 4.37. The Morgan fingerprint density at radius 1 is 0.935 bits per heavy atom. The molecule has 3 N–H and O–H groups in total. The molecule has 4 saturated carbocycles. The van der Waals surface area contributed by atoms with Gasteiger partial charge in [-0.25, -0.2) is 4.79 Å². The quantitative estimate of drug-likeness (QED) is 0.130. The van der Waals surface area contributed by atoms with Gasteiger partial charge in [0.15, 0.2) is 11.5 Å². The van der Waals surface area contributed by atoms with E-state index in [0.717, 1.165) is 38.5 Å². The summed E-state index contributed by atoms with van der Waals surface area (Å²) in [6.07, 6.45) is 13.0. The predicted molar refractivity (Wildman–Crippen MR) is 176 cm³/mol. The molecular weight excluding hydrogens is 580 g/mol. The van der Waals surface area contributed by atoms with Gasteiger partial charge in [0.05, 0.1) is 5.41 Å². The van der Waals surface area contributed by atoms with Gasteiger partial charge in [0, 0.05) is 23.3 Å². The standard InChI is InChI=1S/C39H52O7/c1-34(2)17-18-38(33(44)45)19-20-39(23-46-32(43)12-8-24-7-10-27(40)28(41)21-24)25(26(38)22-34)9-11-30-36(5)15-14-31(42)35(3,4)29(36)13-16-37(30,39)6/h7-10,12,21,26,29-30,40-41H,11,13-20,22-23H2,1-6H3,(H,44,45)/b12-8+/t26-,29?,30?,36-,37+,38-,39-/m0/s1. The zero-order valence-corrected chi connectivity index (χ0v) is 28.4. The number of ketones is 1. The number of ether oxygens (including phenoxy) is 1. The minimum absolute atomic E-state index is 0.0117. The zero-order chi connectivity index (χ0) is 33.5. The number of carboxylic acids is 1. The van der Waals surface area contributed by atoms with Crippen LogP contribution >= 0.6 is 0 Å². The number of rotatable bonds is 5. The molecule has 2 unspecified atom stereocenters. The summed E-state index contributed by atoms with van der Waals surface area (Å²) in [5, 5.41) is 30.3. The number of allylic oxidation sites excluding steroid dienone is 1. The van der Waals surface area contributed by atoms with Crippen LogP contribution in [0.4, 0.5) is 0 Å². The number of carbonyl (C=O) groups is 3. The number of benzene rings is 1.